The predicted octanol–water partition coefficient (Wildman–Crippen LogP) is 0.974. The van der Waals surface area contributed by atoms with Gasteiger partial charge in [-0.25, -0.2) is 0 Å². The molecule has 2 fully saturated rings. The summed E-state index contributed by atoms with van der Waals surface area (Å²) in [4.78, 5) is 11.8. The molecule has 2 unspecified atom stereocenters. The van der Waals surface area contributed by atoms with Gasteiger partial charge in [0.05, 0.1) is 18.2 Å². The highest BCUT2D eigenvalue weighted by atomic mass is 16.5. The molecule has 0 aliphatic heterocycles. The van der Waals surface area contributed by atoms with Crippen LogP contribution in [0.25, 0.3) is 0 Å². The largest absolute Gasteiger partial charge is 0.379 e. The fourth-order valence-electron chi connectivity index (χ4n) is 2.19. The molecular weight excluding hydrogens is 192 g/mol. The first kappa shape index (κ1) is 10.4. The fourth-order valence-corrected chi connectivity index (χ4v) is 2.19. The third-order valence-corrected chi connectivity index (χ3v) is 3.47. The third kappa shape index (κ3) is 1.84. The lowest BCUT2D eigenvalue weighted by molar-refractivity contribution is -0.126. The molecular formula is C11H16N2O2. The quantitative estimate of drug-likeness (QED) is 0.751. The summed E-state index contributed by atoms with van der Waals surface area (Å²) in [5.41, 5.74) is -0.707. The van der Waals surface area contributed by atoms with E-state index in [9.17, 15) is 4.79 Å². The van der Waals surface area contributed by atoms with Gasteiger partial charge in [-0.05, 0) is 32.1 Å². The minimum absolute atomic E-state index is 0.0982. The van der Waals surface area contributed by atoms with Crippen LogP contribution in [-0.2, 0) is 9.53 Å². The van der Waals surface area contributed by atoms with Crippen molar-refractivity contribution in [1.29, 1.82) is 5.26 Å². The zero-order chi connectivity index (χ0) is 10.9. The van der Waals surface area contributed by atoms with Crippen LogP contribution >= 0.6 is 0 Å². The molecule has 0 radical (unpaired) electrons. The van der Waals surface area contributed by atoms with Crippen molar-refractivity contribution in [3.8, 4) is 6.07 Å². The number of rotatable bonds is 3. The van der Waals surface area contributed by atoms with Gasteiger partial charge in [0.15, 0.2) is 0 Å². The first-order valence-corrected chi connectivity index (χ1v) is 5.47. The minimum atomic E-state index is -0.707. The lowest BCUT2D eigenvalue weighted by Crippen LogP contribution is -2.44. The van der Waals surface area contributed by atoms with Crippen LogP contribution in [0.4, 0.5) is 0 Å². The summed E-state index contributed by atoms with van der Waals surface area (Å²) in [6, 6.07) is 2.21. The number of nitriles is 1. The van der Waals surface area contributed by atoms with Crippen molar-refractivity contribution < 1.29 is 9.53 Å². The molecule has 15 heavy (non-hydrogen) atoms. The van der Waals surface area contributed by atoms with Crippen molar-refractivity contribution in [2.45, 2.75) is 44.2 Å². The Morgan fingerprint density at radius 1 is 1.53 bits per heavy atom. The zero-order valence-electron chi connectivity index (χ0n) is 8.95. The lowest BCUT2D eigenvalue weighted by Gasteiger charge is -2.20. The zero-order valence-corrected chi connectivity index (χ0v) is 8.95. The summed E-state index contributed by atoms with van der Waals surface area (Å²) in [5, 5.41) is 11.8. The van der Waals surface area contributed by atoms with Gasteiger partial charge in [0, 0.05) is 7.11 Å². The number of carbonyl (C=O) groups excluding carboxylic acids is 1. The van der Waals surface area contributed by atoms with E-state index in [0.29, 0.717) is 12.8 Å². The summed E-state index contributed by atoms with van der Waals surface area (Å²) in [6.07, 6.45) is 4.60. The van der Waals surface area contributed by atoms with Crippen molar-refractivity contribution >= 4 is 5.91 Å². The predicted molar refractivity (Wildman–Crippen MR) is 53.9 cm³/mol. The molecule has 0 spiro atoms. The molecule has 0 bridgehead atoms. The van der Waals surface area contributed by atoms with E-state index in [2.05, 4.69) is 11.4 Å². The van der Waals surface area contributed by atoms with E-state index in [1.54, 1.807) is 7.11 Å². The lowest BCUT2D eigenvalue weighted by atomic mass is 10.1. The van der Waals surface area contributed by atoms with Crippen LogP contribution < -0.4 is 5.32 Å². The van der Waals surface area contributed by atoms with Crippen LogP contribution in [0, 0.1) is 16.7 Å². The highest BCUT2D eigenvalue weighted by molar-refractivity contribution is 5.88. The van der Waals surface area contributed by atoms with Gasteiger partial charge in [0.1, 0.15) is 5.41 Å². The van der Waals surface area contributed by atoms with E-state index in [4.69, 9.17) is 10.00 Å². The highest BCUT2D eigenvalue weighted by Crippen LogP contribution is 2.45. The summed E-state index contributed by atoms with van der Waals surface area (Å²) < 4.78 is 5.29. The number of hydrogen-bond acceptors (Lipinski definition) is 3. The molecule has 82 valence electrons. The number of ether oxygens (including phenoxy) is 1. The number of nitrogens with zero attached hydrogens (tertiary/aromatic N) is 1. The molecule has 2 atom stereocenters. The average Bonchev–Trinajstić information content (AvgIpc) is 2.94. The Bertz CT molecular complexity index is 304. The van der Waals surface area contributed by atoms with Gasteiger partial charge in [0.2, 0.25) is 5.91 Å². The van der Waals surface area contributed by atoms with Gasteiger partial charge in [-0.15, -0.1) is 0 Å². The molecule has 2 aliphatic carbocycles. The van der Waals surface area contributed by atoms with Gasteiger partial charge in [-0.2, -0.15) is 5.26 Å². The molecule has 2 rings (SSSR count). The maximum absolute atomic E-state index is 11.8. The second-order valence-electron chi connectivity index (χ2n) is 4.48. The number of nitrogens with one attached hydrogen (secondary N) is 1. The minimum Gasteiger partial charge on any atom is -0.379 e. The van der Waals surface area contributed by atoms with Gasteiger partial charge < -0.3 is 10.1 Å². The Balaban J connectivity index is 1.92. The summed E-state index contributed by atoms with van der Waals surface area (Å²) in [5.74, 6) is -0.0982. The van der Waals surface area contributed by atoms with Crippen molar-refractivity contribution in [1.82, 2.24) is 5.32 Å². The van der Waals surface area contributed by atoms with Crippen LogP contribution in [0.2, 0.25) is 0 Å². The molecule has 2 aliphatic rings. The monoisotopic (exact) mass is 208 g/mol. The van der Waals surface area contributed by atoms with Crippen LogP contribution in [0.1, 0.15) is 32.1 Å². The molecule has 0 saturated heterocycles. The maximum atomic E-state index is 11.8. The second-order valence-corrected chi connectivity index (χ2v) is 4.48. The molecule has 1 N–H and O–H groups in total. The van der Waals surface area contributed by atoms with Gasteiger partial charge in [-0.1, -0.05) is 0 Å². The summed E-state index contributed by atoms with van der Waals surface area (Å²) >= 11 is 0. The van der Waals surface area contributed by atoms with E-state index >= 15 is 0 Å². The topological polar surface area (TPSA) is 62.1 Å². The number of methoxy groups -OCH3 is 1. The number of hydrogen-bond donors (Lipinski definition) is 1. The van der Waals surface area contributed by atoms with Gasteiger partial charge in [-0.3, -0.25) is 4.79 Å². The smallest absolute Gasteiger partial charge is 0.240 e. The number of amides is 1. The third-order valence-electron chi connectivity index (χ3n) is 3.47. The second kappa shape index (κ2) is 3.82. The molecule has 2 saturated carbocycles. The van der Waals surface area contributed by atoms with Crippen LogP contribution in [0.3, 0.4) is 0 Å². The van der Waals surface area contributed by atoms with Crippen LogP contribution in [0.15, 0.2) is 0 Å². The van der Waals surface area contributed by atoms with Crippen molar-refractivity contribution in [3.05, 3.63) is 0 Å². The van der Waals surface area contributed by atoms with Crippen molar-refractivity contribution in [2.75, 3.05) is 7.11 Å². The van der Waals surface area contributed by atoms with Crippen molar-refractivity contribution in [3.63, 3.8) is 0 Å². The standard InChI is InChI=1S/C11H16N2O2/c1-15-9-4-2-3-8(9)13-10(14)11(7-12)5-6-11/h8-9H,2-6H2,1H3,(H,13,14). The molecule has 0 heterocycles. The highest BCUT2D eigenvalue weighted by Gasteiger charge is 2.51. The van der Waals surface area contributed by atoms with E-state index in [1.165, 1.54) is 0 Å². The maximum Gasteiger partial charge on any atom is 0.240 e. The summed E-state index contributed by atoms with van der Waals surface area (Å²) in [7, 11) is 1.67. The molecule has 4 heteroatoms. The van der Waals surface area contributed by atoms with Gasteiger partial charge >= 0.3 is 0 Å². The number of carbonyl (C=O) groups is 1. The van der Waals surface area contributed by atoms with E-state index in [1.807, 2.05) is 0 Å². The normalized spacial score (nSPS) is 32.0. The van der Waals surface area contributed by atoms with Crippen LogP contribution in [0.5, 0.6) is 0 Å². The van der Waals surface area contributed by atoms with E-state index < -0.39 is 5.41 Å². The summed E-state index contributed by atoms with van der Waals surface area (Å²) in [6.45, 7) is 0. The Morgan fingerprint density at radius 3 is 2.80 bits per heavy atom. The fraction of sp³-hybridized carbons (Fsp3) is 0.818. The molecule has 1 amide bonds. The van der Waals surface area contributed by atoms with E-state index in [0.717, 1.165) is 19.3 Å². The Kier molecular flexibility index (Phi) is 2.66. The first-order chi connectivity index (χ1) is 7.22. The SMILES string of the molecule is COC1CCCC1NC(=O)C1(C#N)CC1. The molecule has 0 aromatic heterocycles. The Morgan fingerprint density at radius 2 is 2.27 bits per heavy atom. The Hall–Kier alpha value is -1.08. The van der Waals surface area contributed by atoms with Gasteiger partial charge in [0.25, 0.3) is 0 Å². The Labute approximate surface area is 89.6 Å². The molecule has 4 nitrogen and oxygen atoms in total. The van der Waals surface area contributed by atoms with Crippen molar-refractivity contribution in [2.24, 2.45) is 5.41 Å². The first-order valence-electron chi connectivity index (χ1n) is 5.47. The van der Waals surface area contributed by atoms with Crippen LogP contribution in [-0.4, -0.2) is 25.2 Å². The van der Waals surface area contributed by atoms with E-state index in [-0.39, 0.29) is 18.1 Å². The average molecular weight is 208 g/mol. The molecule has 0 aromatic carbocycles. The molecule has 0 aromatic rings.